The van der Waals surface area contributed by atoms with E-state index in [1.54, 1.807) is 0 Å². The molecule has 1 aromatic rings. The van der Waals surface area contributed by atoms with Gasteiger partial charge in [0.2, 0.25) is 0 Å². The number of rotatable bonds is 6. The van der Waals surface area contributed by atoms with Crippen LogP contribution >= 0.6 is 11.8 Å². The number of hydrogen-bond donors (Lipinski definition) is 0. The molecule has 0 amide bonds. The van der Waals surface area contributed by atoms with Gasteiger partial charge in [0, 0.05) is 16.7 Å². The highest BCUT2D eigenvalue weighted by Gasteiger charge is 2.00. The van der Waals surface area contributed by atoms with Gasteiger partial charge in [-0.1, -0.05) is 19.9 Å². The van der Waals surface area contributed by atoms with Gasteiger partial charge in [-0.3, -0.25) is 0 Å². The summed E-state index contributed by atoms with van der Waals surface area (Å²) in [4.78, 5) is 3.39. The molecule has 3 heteroatoms. The van der Waals surface area contributed by atoms with Crippen molar-refractivity contribution in [1.29, 1.82) is 0 Å². The maximum atomic E-state index is 5.68. The van der Waals surface area contributed by atoms with Gasteiger partial charge in [-0.05, 0) is 32.3 Å². The number of ether oxygens (including phenoxy) is 1. The standard InChI is InChI=1S/C13H21NOS/c1-11(2)16-13-7-5-6-12(10-13)15-9-8-14(3)4/h5-7,10-11H,8-9H2,1-4H3. The zero-order chi connectivity index (χ0) is 12.0. The normalized spacial score (nSPS) is 11.1. The van der Waals surface area contributed by atoms with Crippen molar-refractivity contribution in [2.24, 2.45) is 0 Å². The Morgan fingerprint density at radius 3 is 2.69 bits per heavy atom. The van der Waals surface area contributed by atoms with Crippen LogP contribution in [0.2, 0.25) is 0 Å². The second-order valence-corrected chi connectivity index (χ2v) is 5.94. The molecule has 0 atom stereocenters. The Morgan fingerprint density at radius 2 is 2.06 bits per heavy atom. The van der Waals surface area contributed by atoms with E-state index in [2.05, 4.69) is 36.9 Å². The zero-order valence-electron chi connectivity index (χ0n) is 10.6. The van der Waals surface area contributed by atoms with E-state index in [1.807, 2.05) is 31.9 Å². The Balaban J connectivity index is 2.47. The van der Waals surface area contributed by atoms with Crippen molar-refractivity contribution in [3.8, 4) is 5.75 Å². The van der Waals surface area contributed by atoms with Crippen LogP contribution in [-0.4, -0.2) is 37.4 Å². The molecule has 1 aromatic carbocycles. The van der Waals surface area contributed by atoms with E-state index in [1.165, 1.54) is 4.90 Å². The summed E-state index contributed by atoms with van der Waals surface area (Å²) in [7, 11) is 4.10. The molecule has 0 saturated carbocycles. The van der Waals surface area contributed by atoms with Crippen LogP contribution in [0.1, 0.15) is 13.8 Å². The fourth-order valence-electron chi connectivity index (χ4n) is 1.26. The molecule has 0 unspecified atom stereocenters. The average molecular weight is 239 g/mol. The van der Waals surface area contributed by atoms with Gasteiger partial charge in [-0.15, -0.1) is 11.8 Å². The van der Waals surface area contributed by atoms with E-state index in [9.17, 15) is 0 Å². The number of benzene rings is 1. The molecule has 0 aromatic heterocycles. The van der Waals surface area contributed by atoms with Crippen LogP contribution < -0.4 is 4.74 Å². The minimum absolute atomic E-state index is 0.608. The van der Waals surface area contributed by atoms with Gasteiger partial charge in [-0.25, -0.2) is 0 Å². The van der Waals surface area contributed by atoms with Crippen molar-refractivity contribution < 1.29 is 4.74 Å². The van der Waals surface area contributed by atoms with Gasteiger partial charge in [0.15, 0.2) is 0 Å². The minimum Gasteiger partial charge on any atom is -0.492 e. The van der Waals surface area contributed by atoms with Crippen molar-refractivity contribution >= 4 is 11.8 Å². The fourth-order valence-corrected chi connectivity index (χ4v) is 2.14. The first-order valence-electron chi connectivity index (χ1n) is 5.62. The lowest BCUT2D eigenvalue weighted by atomic mass is 10.3. The van der Waals surface area contributed by atoms with Gasteiger partial charge in [0.05, 0.1) is 0 Å². The third-order valence-corrected chi connectivity index (χ3v) is 2.98. The Labute approximate surface area is 103 Å². The number of thioether (sulfide) groups is 1. The van der Waals surface area contributed by atoms with Crippen LogP contribution in [0, 0.1) is 0 Å². The number of likely N-dealkylation sites (N-methyl/N-ethyl adjacent to an activating group) is 1. The van der Waals surface area contributed by atoms with E-state index in [-0.39, 0.29) is 0 Å². The van der Waals surface area contributed by atoms with Crippen LogP contribution in [-0.2, 0) is 0 Å². The molecule has 1 rings (SSSR count). The molecule has 2 nitrogen and oxygen atoms in total. The molecule has 16 heavy (non-hydrogen) atoms. The van der Waals surface area contributed by atoms with Crippen molar-refractivity contribution in [2.45, 2.75) is 24.0 Å². The van der Waals surface area contributed by atoms with E-state index >= 15 is 0 Å². The van der Waals surface area contributed by atoms with Crippen molar-refractivity contribution in [3.05, 3.63) is 24.3 Å². The summed E-state index contributed by atoms with van der Waals surface area (Å²) >= 11 is 1.86. The fraction of sp³-hybridized carbons (Fsp3) is 0.538. The lowest BCUT2D eigenvalue weighted by Gasteiger charge is -2.12. The topological polar surface area (TPSA) is 12.5 Å². The van der Waals surface area contributed by atoms with E-state index < -0.39 is 0 Å². The van der Waals surface area contributed by atoms with Crippen molar-refractivity contribution in [3.63, 3.8) is 0 Å². The van der Waals surface area contributed by atoms with Gasteiger partial charge in [0.1, 0.15) is 12.4 Å². The summed E-state index contributed by atoms with van der Waals surface area (Å²) < 4.78 is 5.68. The Hall–Kier alpha value is -0.670. The molecule has 0 spiro atoms. The number of hydrogen-bond acceptors (Lipinski definition) is 3. The predicted octanol–water partition coefficient (Wildman–Crippen LogP) is 3.13. The first kappa shape index (κ1) is 13.4. The molecule has 0 fully saturated rings. The van der Waals surface area contributed by atoms with Gasteiger partial charge in [-0.2, -0.15) is 0 Å². The minimum atomic E-state index is 0.608. The molecule has 0 radical (unpaired) electrons. The second-order valence-electron chi connectivity index (χ2n) is 4.29. The van der Waals surface area contributed by atoms with Crippen LogP contribution in [0.4, 0.5) is 0 Å². The van der Waals surface area contributed by atoms with E-state index in [0.717, 1.165) is 18.9 Å². The molecule has 0 aliphatic carbocycles. The highest BCUT2D eigenvalue weighted by molar-refractivity contribution is 7.99. The molecular formula is C13H21NOS. The molecule has 90 valence electrons. The molecule has 0 aliphatic heterocycles. The Kier molecular flexibility index (Phi) is 5.71. The Bertz CT molecular complexity index is 313. The van der Waals surface area contributed by atoms with E-state index in [0.29, 0.717) is 5.25 Å². The molecule has 0 aliphatic rings. The number of nitrogens with zero attached hydrogens (tertiary/aromatic N) is 1. The summed E-state index contributed by atoms with van der Waals surface area (Å²) in [5.41, 5.74) is 0. The van der Waals surface area contributed by atoms with E-state index in [4.69, 9.17) is 4.74 Å². The maximum absolute atomic E-state index is 5.68. The molecule has 0 bridgehead atoms. The summed E-state index contributed by atoms with van der Waals surface area (Å²) in [5, 5.41) is 0.608. The maximum Gasteiger partial charge on any atom is 0.120 e. The second kappa shape index (κ2) is 6.81. The van der Waals surface area contributed by atoms with Crippen molar-refractivity contribution in [1.82, 2.24) is 4.90 Å². The molecule has 0 heterocycles. The monoisotopic (exact) mass is 239 g/mol. The third kappa shape index (κ3) is 5.42. The Morgan fingerprint density at radius 1 is 1.31 bits per heavy atom. The lowest BCUT2D eigenvalue weighted by Crippen LogP contribution is -2.19. The smallest absolute Gasteiger partial charge is 0.120 e. The van der Waals surface area contributed by atoms with Crippen molar-refractivity contribution in [2.75, 3.05) is 27.2 Å². The molecule has 0 saturated heterocycles. The SMILES string of the molecule is CC(C)Sc1cccc(OCCN(C)C)c1. The van der Waals surface area contributed by atoms with Gasteiger partial charge >= 0.3 is 0 Å². The summed E-state index contributed by atoms with van der Waals surface area (Å²) in [6.45, 7) is 6.08. The van der Waals surface area contributed by atoms with Crippen LogP contribution in [0.15, 0.2) is 29.2 Å². The zero-order valence-corrected chi connectivity index (χ0v) is 11.4. The van der Waals surface area contributed by atoms with Crippen LogP contribution in [0.25, 0.3) is 0 Å². The highest BCUT2D eigenvalue weighted by atomic mass is 32.2. The predicted molar refractivity (Wildman–Crippen MR) is 71.5 cm³/mol. The molecular weight excluding hydrogens is 218 g/mol. The van der Waals surface area contributed by atoms with Crippen LogP contribution in [0.3, 0.4) is 0 Å². The molecule has 0 N–H and O–H groups in total. The van der Waals surface area contributed by atoms with Gasteiger partial charge in [0.25, 0.3) is 0 Å². The van der Waals surface area contributed by atoms with Crippen LogP contribution in [0.5, 0.6) is 5.75 Å². The summed E-state index contributed by atoms with van der Waals surface area (Å²) in [5.74, 6) is 0.965. The lowest BCUT2D eigenvalue weighted by molar-refractivity contribution is 0.261. The first-order chi connectivity index (χ1) is 7.58. The van der Waals surface area contributed by atoms with Gasteiger partial charge < -0.3 is 9.64 Å². The summed E-state index contributed by atoms with van der Waals surface area (Å²) in [6, 6.07) is 8.31. The average Bonchev–Trinajstić information content (AvgIpc) is 2.16. The summed E-state index contributed by atoms with van der Waals surface area (Å²) in [6.07, 6.45) is 0. The highest BCUT2D eigenvalue weighted by Crippen LogP contribution is 2.26. The quantitative estimate of drug-likeness (QED) is 0.708. The largest absolute Gasteiger partial charge is 0.492 e. The first-order valence-corrected chi connectivity index (χ1v) is 6.50. The third-order valence-electron chi connectivity index (χ3n) is 1.98.